The van der Waals surface area contributed by atoms with E-state index in [0.29, 0.717) is 6.04 Å². The number of thiazole rings is 1. The van der Waals surface area contributed by atoms with Crippen LogP contribution in [0.1, 0.15) is 48.7 Å². The number of aromatic nitrogens is 2. The van der Waals surface area contributed by atoms with Crippen molar-refractivity contribution in [3.05, 3.63) is 35.1 Å². The molecule has 2 aromatic rings. The molecule has 1 unspecified atom stereocenters. The molecule has 25 heavy (non-hydrogen) atoms. The van der Waals surface area contributed by atoms with Crippen molar-refractivity contribution in [2.75, 3.05) is 6.54 Å². The van der Waals surface area contributed by atoms with E-state index in [9.17, 15) is 4.79 Å². The van der Waals surface area contributed by atoms with Gasteiger partial charge in [-0.3, -0.25) is 9.99 Å². The summed E-state index contributed by atoms with van der Waals surface area (Å²) in [5.41, 5.74) is 5.43. The molecule has 1 aliphatic carbocycles. The highest BCUT2D eigenvalue weighted by Gasteiger charge is 2.31. The van der Waals surface area contributed by atoms with Crippen LogP contribution in [0.5, 0.6) is 0 Å². The number of pyridine rings is 1. The highest BCUT2D eigenvalue weighted by atomic mass is 32.1. The summed E-state index contributed by atoms with van der Waals surface area (Å²) in [6.45, 7) is 2.76. The average Bonchev–Trinajstić information content (AvgIpc) is 3.36. The molecule has 1 aliphatic heterocycles. The van der Waals surface area contributed by atoms with Gasteiger partial charge in [0.1, 0.15) is 5.01 Å². The first kappa shape index (κ1) is 16.5. The third-order valence-corrected chi connectivity index (χ3v) is 6.26. The van der Waals surface area contributed by atoms with Gasteiger partial charge in [0.05, 0.1) is 11.7 Å². The van der Waals surface area contributed by atoms with E-state index in [-0.39, 0.29) is 12.1 Å². The molecule has 1 saturated carbocycles. The smallest absolute Gasteiger partial charge is 0.331 e. The third-order valence-electron chi connectivity index (χ3n) is 4.94. The maximum Gasteiger partial charge on any atom is 0.331 e. The predicted octanol–water partition coefficient (Wildman–Crippen LogP) is 3.42. The average molecular weight is 357 g/mol. The minimum Gasteiger partial charge on any atom is -0.334 e. The van der Waals surface area contributed by atoms with Crippen LogP contribution < -0.4 is 10.7 Å². The molecular formula is C18H23N5OS. The molecule has 0 bridgehead atoms. The largest absolute Gasteiger partial charge is 0.334 e. The van der Waals surface area contributed by atoms with Crippen LogP contribution in [0, 0.1) is 6.92 Å². The summed E-state index contributed by atoms with van der Waals surface area (Å²) in [6, 6.07) is 4.45. The van der Waals surface area contributed by atoms with Crippen molar-refractivity contribution < 1.29 is 4.79 Å². The maximum absolute atomic E-state index is 12.4. The van der Waals surface area contributed by atoms with Gasteiger partial charge in [-0.2, -0.15) is 0 Å². The highest BCUT2D eigenvalue weighted by Crippen LogP contribution is 2.34. The van der Waals surface area contributed by atoms with E-state index in [1.54, 1.807) is 22.5 Å². The maximum atomic E-state index is 12.4. The molecule has 0 radical (unpaired) electrons. The van der Waals surface area contributed by atoms with Crippen LogP contribution in [-0.4, -0.2) is 33.6 Å². The van der Waals surface area contributed by atoms with Gasteiger partial charge in [-0.25, -0.2) is 15.2 Å². The van der Waals surface area contributed by atoms with Gasteiger partial charge in [0.25, 0.3) is 0 Å². The molecule has 3 heterocycles. The Morgan fingerprint density at radius 3 is 2.96 bits per heavy atom. The Balaban J connectivity index is 1.43. The Morgan fingerprint density at radius 1 is 1.36 bits per heavy atom. The molecule has 2 amide bonds. The van der Waals surface area contributed by atoms with E-state index in [1.165, 1.54) is 17.7 Å². The van der Waals surface area contributed by atoms with Crippen LogP contribution in [0.2, 0.25) is 0 Å². The lowest BCUT2D eigenvalue weighted by Gasteiger charge is -2.21. The first-order valence-corrected chi connectivity index (χ1v) is 9.74. The number of nitrogens with zero attached hydrogens (tertiary/aromatic N) is 3. The molecule has 132 valence electrons. The molecule has 7 heteroatoms. The van der Waals surface area contributed by atoms with Crippen LogP contribution in [0.15, 0.2) is 24.5 Å². The zero-order valence-corrected chi connectivity index (χ0v) is 15.2. The lowest BCUT2D eigenvalue weighted by atomic mass is 10.2. The quantitative estimate of drug-likeness (QED) is 0.883. The summed E-state index contributed by atoms with van der Waals surface area (Å²) in [5.74, 6) is 0. The van der Waals surface area contributed by atoms with Gasteiger partial charge >= 0.3 is 6.03 Å². The molecular weight excluding hydrogens is 334 g/mol. The van der Waals surface area contributed by atoms with Crippen molar-refractivity contribution in [3.63, 3.8) is 0 Å². The second-order valence-corrected chi connectivity index (χ2v) is 7.79. The Hall–Kier alpha value is -1.99. The Kier molecular flexibility index (Phi) is 4.67. The zero-order valence-electron chi connectivity index (χ0n) is 14.4. The van der Waals surface area contributed by atoms with Crippen molar-refractivity contribution in [1.29, 1.82) is 0 Å². The van der Waals surface area contributed by atoms with E-state index in [0.717, 1.165) is 42.1 Å². The summed E-state index contributed by atoms with van der Waals surface area (Å²) in [4.78, 5) is 22.5. The first-order valence-electron chi connectivity index (χ1n) is 8.92. The summed E-state index contributed by atoms with van der Waals surface area (Å²) in [7, 11) is 0. The second kappa shape index (κ2) is 7.09. The molecule has 2 fully saturated rings. The van der Waals surface area contributed by atoms with Gasteiger partial charge in [0, 0.05) is 35.4 Å². The number of aryl methyl sites for hydroxylation is 1. The fourth-order valence-electron chi connectivity index (χ4n) is 3.59. The fourth-order valence-corrected chi connectivity index (χ4v) is 4.73. The Bertz CT molecular complexity index is 741. The molecule has 0 aromatic carbocycles. The molecule has 2 aliphatic rings. The topological polar surface area (TPSA) is 70.2 Å². The van der Waals surface area contributed by atoms with Crippen LogP contribution >= 0.6 is 11.3 Å². The van der Waals surface area contributed by atoms with E-state index >= 15 is 0 Å². The second-order valence-electron chi connectivity index (χ2n) is 6.76. The minimum absolute atomic E-state index is 0.00375. The summed E-state index contributed by atoms with van der Waals surface area (Å²) in [5, 5.41) is 5.85. The lowest BCUT2D eigenvalue weighted by Crippen LogP contribution is -2.47. The standard InChI is InChI=1S/C18H23N5OS/c1-12-16(25-17(20-12)13-5-4-9-19-11-13)15-8-10-23(22-15)18(24)21-14-6-2-3-7-14/h4-5,9,11,14-15,22H,2-3,6-8,10H2,1H3,(H,21,24). The number of hydrazine groups is 1. The number of rotatable bonds is 3. The molecule has 1 atom stereocenters. The summed E-state index contributed by atoms with van der Waals surface area (Å²) >= 11 is 1.68. The van der Waals surface area contributed by atoms with Crippen molar-refractivity contribution in [2.45, 2.75) is 51.1 Å². The van der Waals surface area contributed by atoms with Crippen LogP contribution in [0.25, 0.3) is 10.6 Å². The zero-order chi connectivity index (χ0) is 17.2. The number of amides is 2. The Labute approximate surface area is 151 Å². The number of nitrogens with one attached hydrogen (secondary N) is 2. The fraction of sp³-hybridized carbons (Fsp3) is 0.500. The first-order chi connectivity index (χ1) is 12.2. The van der Waals surface area contributed by atoms with Crippen molar-refractivity contribution in [2.24, 2.45) is 0 Å². The van der Waals surface area contributed by atoms with E-state index in [2.05, 4.69) is 15.7 Å². The van der Waals surface area contributed by atoms with E-state index in [1.807, 2.05) is 25.3 Å². The molecule has 4 rings (SSSR count). The molecule has 0 spiro atoms. The monoisotopic (exact) mass is 357 g/mol. The van der Waals surface area contributed by atoms with Gasteiger partial charge in [-0.05, 0) is 38.3 Å². The number of urea groups is 1. The molecule has 2 N–H and O–H groups in total. The number of carbonyl (C=O) groups excluding carboxylic acids is 1. The summed E-state index contributed by atoms with van der Waals surface area (Å²) in [6.07, 6.45) is 9.16. The minimum atomic E-state index is 0.00375. The van der Waals surface area contributed by atoms with Crippen molar-refractivity contribution in [1.82, 2.24) is 25.7 Å². The van der Waals surface area contributed by atoms with E-state index < -0.39 is 0 Å². The van der Waals surface area contributed by atoms with E-state index in [4.69, 9.17) is 4.98 Å². The van der Waals surface area contributed by atoms with Gasteiger partial charge in [-0.15, -0.1) is 11.3 Å². The van der Waals surface area contributed by atoms with Crippen LogP contribution in [-0.2, 0) is 0 Å². The third kappa shape index (κ3) is 3.52. The van der Waals surface area contributed by atoms with Gasteiger partial charge in [0.15, 0.2) is 0 Å². The molecule has 6 nitrogen and oxygen atoms in total. The Morgan fingerprint density at radius 2 is 2.20 bits per heavy atom. The number of hydrogen-bond acceptors (Lipinski definition) is 5. The molecule has 1 saturated heterocycles. The lowest BCUT2D eigenvalue weighted by molar-refractivity contribution is 0.183. The van der Waals surface area contributed by atoms with Gasteiger partial charge in [-0.1, -0.05) is 12.8 Å². The van der Waals surface area contributed by atoms with Gasteiger partial charge in [0.2, 0.25) is 0 Å². The van der Waals surface area contributed by atoms with Crippen molar-refractivity contribution >= 4 is 17.4 Å². The predicted molar refractivity (Wildman–Crippen MR) is 98.1 cm³/mol. The van der Waals surface area contributed by atoms with Gasteiger partial charge < -0.3 is 5.32 Å². The van der Waals surface area contributed by atoms with Crippen LogP contribution in [0.4, 0.5) is 4.79 Å². The van der Waals surface area contributed by atoms with Crippen molar-refractivity contribution in [3.8, 4) is 10.6 Å². The summed E-state index contributed by atoms with van der Waals surface area (Å²) < 4.78 is 0. The molecule has 2 aromatic heterocycles. The number of hydrogen-bond donors (Lipinski definition) is 2. The normalized spacial score (nSPS) is 21.0. The SMILES string of the molecule is Cc1nc(-c2cccnc2)sc1C1CCN(C(=O)NC2CCCC2)N1. The number of carbonyl (C=O) groups is 1. The van der Waals surface area contributed by atoms with Crippen LogP contribution in [0.3, 0.4) is 0 Å². The highest BCUT2D eigenvalue weighted by molar-refractivity contribution is 7.15.